The largest absolute Gasteiger partial charge is 0.493 e. The molecule has 2 N–H and O–H groups in total. The first-order valence-electron chi connectivity index (χ1n) is 12.7. The first-order chi connectivity index (χ1) is 17.1. The average molecular weight is 483 g/mol. The van der Waals surface area contributed by atoms with Gasteiger partial charge in [0.25, 0.3) is 0 Å². The van der Waals surface area contributed by atoms with Crippen LogP contribution >= 0.6 is 0 Å². The molecule has 1 amide bonds. The number of amides is 1. The predicted molar refractivity (Wildman–Crippen MR) is 137 cm³/mol. The lowest BCUT2D eigenvalue weighted by atomic mass is 10.0. The molecule has 1 saturated heterocycles. The Morgan fingerprint density at radius 1 is 1.09 bits per heavy atom. The Labute approximate surface area is 208 Å². The van der Waals surface area contributed by atoms with E-state index in [4.69, 9.17) is 14.2 Å². The second-order valence-electron chi connectivity index (χ2n) is 8.87. The second-order valence-corrected chi connectivity index (χ2v) is 8.87. The average Bonchev–Trinajstić information content (AvgIpc) is 3.29. The summed E-state index contributed by atoms with van der Waals surface area (Å²) >= 11 is 0. The molecule has 4 rings (SSSR count). The van der Waals surface area contributed by atoms with Crippen LogP contribution in [-0.2, 0) is 11.3 Å². The third-order valence-electron chi connectivity index (χ3n) is 6.82. The number of likely N-dealkylation sites (N-methyl/N-ethyl adjacent to an activating group) is 1. The summed E-state index contributed by atoms with van der Waals surface area (Å²) in [6, 6.07) is 13.9. The van der Waals surface area contributed by atoms with Crippen molar-refractivity contribution in [3.8, 4) is 17.2 Å². The van der Waals surface area contributed by atoms with Crippen LogP contribution in [0.4, 0.5) is 5.69 Å². The van der Waals surface area contributed by atoms with Crippen LogP contribution in [0.5, 0.6) is 17.2 Å². The normalized spacial score (nSPS) is 19.6. The number of hydrogen-bond acceptors (Lipinski definition) is 7. The van der Waals surface area contributed by atoms with Gasteiger partial charge in [0.2, 0.25) is 0 Å². The van der Waals surface area contributed by atoms with Gasteiger partial charge in [-0.1, -0.05) is 18.2 Å². The van der Waals surface area contributed by atoms with Gasteiger partial charge in [-0.2, -0.15) is 0 Å². The molecular weight excluding hydrogens is 444 g/mol. The molecule has 35 heavy (non-hydrogen) atoms. The Morgan fingerprint density at radius 2 is 1.83 bits per heavy atom. The minimum absolute atomic E-state index is 0.0734. The van der Waals surface area contributed by atoms with E-state index in [0.717, 1.165) is 37.2 Å². The van der Waals surface area contributed by atoms with E-state index >= 15 is 0 Å². The van der Waals surface area contributed by atoms with Crippen molar-refractivity contribution in [1.82, 2.24) is 15.1 Å². The third kappa shape index (κ3) is 5.04. The number of para-hydroxylation sites is 2. The van der Waals surface area contributed by atoms with Gasteiger partial charge in [0, 0.05) is 25.7 Å². The van der Waals surface area contributed by atoms with Crippen molar-refractivity contribution in [2.45, 2.75) is 52.0 Å². The highest BCUT2D eigenvalue weighted by molar-refractivity contribution is 5.90. The summed E-state index contributed by atoms with van der Waals surface area (Å²) in [4.78, 5) is 18.2. The number of rotatable bonds is 10. The quantitative estimate of drug-likeness (QED) is 0.535. The Bertz CT molecular complexity index is 979. The monoisotopic (exact) mass is 482 g/mol. The highest BCUT2D eigenvalue weighted by Gasteiger charge is 2.55. The van der Waals surface area contributed by atoms with Gasteiger partial charge in [-0.25, -0.2) is 4.90 Å². The smallest absolute Gasteiger partial charge is 0.323 e. The maximum Gasteiger partial charge on any atom is 0.323 e. The number of fused-ring (bicyclic) bond motifs is 1. The van der Waals surface area contributed by atoms with Crippen molar-refractivity contribution >= 4 is 11.6 Å². The highest BCUT2D eigenvalue weighted by atomic mass is 16.6. The molecule has 8 nitrogen and oxygen atoms in total. The Morgan fingerprint density at radius 3 is 2.49 bits per heavy atom. The summed E-state index contributed by atoms with van der Waals surface area (Å²) in [5.74, 6) is 0.683. The first-order valence-corrected chi connectivity index (χ1v) is 12.7. The van der Waals surface area contributed by atoms with Crippen molar-refractivity contribution in [3.05, 3.63) is 48.0 Å². The molecule has 1 atom stereocenters. The van der Waals surface area contributed by atoms with Crippen molar-refractivity contribution in [3.63, 3.8) is 0 Å². The van der Waals surface area contributed by atoms with Crippen LogP contribution in [0.1, 0.15) is 39.2 Å². The van der Waals surface area contributed by atoms with Crippen LogP contribution in [0.15, 0.2) is 42.5 Å². The number of nitrogens with one attached hydrogen (secondary N) is 2. The lowest BCUT2D eigenvalue weighted by Crippen LogP contribution is -2.68. The number of anilines is 1. The van der Waals surface area contributed by atoms with E-state index in [0.29, 0.717) is 43.5 Å². The standard InChI is InChI=1S/C27H38N4O4/c1-5-30(6-2)26(32)27(29-22-10-8-9-11-23(22)35-27)31(21-14-16-28-17-15-21)19-20-12-13-24(33-4)25(18-20)34-7-3/h8-13,18,21,28-29H,5-7,14-17,19H2,1-4H3. The second kappa shape index (κ2) is 11.2. The van der Waals surface area contributed by atoms with Crippen LogP contribution in [0, 0.1) is 0 Å². The Kier molecular flexibility index (Phi) is 8.03. The first kappa shape index (κ1) is 25.1. The van der Waals surface area contributed by atoms with Gasteiger partial charge < -0.3 is 29.7 Å². The van der Waals surface area contributed by atoms with E-state index in [1.54, 1.807) is 7.11 Å². The van der Waals surface area contributed by atoms with Gasteiger partial charge in [-0.15, -0.1) is 0 Å². The summed E-state index contributed by atoms with van der Waals surface area (Å²) in [7, 11) is 1.64. The highest BCUT2D eigenvalue weighted by Crippen LogP contribution is 2.42. The molecule has 0 aromatic heterocycles. The number of carbonyl (C=O) groups excluding carboxylic acids is 1. The van der Waals surface area contributed by atoms with Crippen molar-refractivity contribution in [2.24, 2.45) is 0 Å². The maximum atomic E-state index is 14.2. The fourth-order valence-electron chi connectivity index (χ4n) is 5.00. The van der Waals surface area contributed by atoms with E-state index in [-0.39, 0.29) is 11.9 Å². The molecule has 2 aliphatic rings. The van der Waals surface area contributed by atoms with Gasteiger partial charge in [0.1, 0.15) is 5.75 Å². The van der Waals surface area contributed by atoms with Crippen molar-refractivity contribution < 1.29 is 19.0 Å². The molecule has 2 aromatic rings. The lowest BCUT2D eigenvalue weighted by Gasteiger charge is -2.46. The molecule has 0 aliphatic carbocycles. The zero-order valence-corrected chi connectivity index (χ0v) is 21.3. The number of hydrogen-bond donors (Lipinski definition) is 2. The van der Waals surface area contributed by atoms with Crippen LogP contribution in [0.3, 0.4) is 0 Å². The predicted octanol–water partition coefficient (Wildman–Crippen LogP) is 3.67. The van der Waals surface area contributed by atoms with E-state index in [2.05, 4.69) is 15.5 Å². The molecule has 1 unspecified atom stereocenters. The lowest BCUT2D eigenvalue weighted by molar-refractivity contribution is -0.167. The summed E-state index contributed by atoms with van der Waals surface area (Å²) in [5, 5.41) is 6.96. The van der Waals surface area contributed by atoms with Crippen LogP contribution in [0.25, 0.3) is 0 Å². The zero-order chi connectivity index (χ0) is 24.8. The molecule has 0 saturated carbocycles. The SMILES string of the molecule is CCOc1cc(CN(C2CCNCC2)C2(C(=O)N(CC)CC)Nc3ccccc3O2)ccc1OC. The van der Waals surface area contributed by atoms with Crippen LogP contribution < -0.4 is 24.8 Å². The van der Waals surface area contributed by atoms with Crippen LogP contribution in [0.2, 0.25) is 0 Å². The van der Waals surface area contributed by atoms with Crippen molar-refractivity contribution in [1.29, 1.82) is 0 Å². The third-order valence-corrected chi connectivity index (χ3v) is 6.82. The molecule has 0 bridgehead atoms. The minimum Gasteiger partial charge on any atom is -0.493 e. The Balaban J connectivity index is 1.78. The summed E-state index contributed by atoms with van der Waals surface area (Å²) < 4.78 is 17.9. The van der Waals surface area contributed by atoms with E-state index < -0.39 is 5.85 Å². The number of ether oxygens (including phenoxy) is 3. The molecule has 2 aromatic carbocycles. The zero-order valence-electron chi connectivity index (χ0n) is 21.3. The van der Waals surface area contributed by atoms with Crippen molar-refractivity contribution in [2.75, 3.05) is 45.2 Å². The summed E-state index contributed by atoms with van der Waals surface area (Å²) in [6.45, 7) is 10.0. The Hall–Kier alpha value is -2.97. The molecule has 8 heteroatoms. The number of benzene rings is 2. The molecule has 190 valence electrons. The topological polar surface area (TPSA) is 75.3 Å². The molecule has 0 spiro atoms. The number of carbonyl (C=O) groups is 1. The van der Waals surface area contributed by atoms with Gasteiger partial charge in [-0.3, -0.25) is 4.79 Å². The number of methoxy groups -OCH3 is 1. The van der Waals surface area contributed by atoms with Crippen LogP contribution in [-0.4, -0.2) is 67.5 Å². The molecule has 2 heterocycles. The minimum atomic E-state index is -1.33. The van der Waals surface area contributed by atoms with Gasteiger partial charge in [0.15, 0.2) is 11.5 Å². The fraction of sp³-hybridized carbons (Fsp3) is 0.519. The number of piperidine rings is 1. The summed E-state index contributed by atoms with van der Waals surface area (Å²) in [6.07, 6.45) is 1.84. The van der Waals surface area contributed by atoms with Gasteiger partial charge in [-0.05, 0) is 76.5 Å². The summed E-state index contributed by atoms with van der Waals surface area (Å²) in [5.41, 5.74) is 1.86. The van der Waals surface area contributed by atoms with E-state index in [1.165, 1.54) is 0 Å². The molecule has 0 radical (unpaired) electrons. The fourth-order valence-corrected chi connectivity index (χ4v) is 5.00. The molecular formula is C27H38N4O4. The van der Waals surface area contributed by atoms with Gasteiger partial charge >= 0.3 is 11.8 Å². The molecule has 1 fully saturated rings. The number of nitrogens with zero attached hydrogens (tertiary/aromatic N) is 2. The molecule has 2 aliphatic heterocycles. The van der Waals surface area contributed by atoms with Gasteiger partial charge in [0.05, 0.1) is 19.4 Å². The van der Waals surface area contributed by atoms with E-state index in [1.807, 2.05) is 68.1 Å². The maximum absolute atomic E-state index is 14.2. The van der Waals surface area contributed by atoms with E-state index in [9.17, 15) is 4.79 Å².